The summed E-state index contributed by atoms with van der Waals surface area (Å²) in [5.74, 6) is 0. The minimum absolute atomic E-state index is 0.00681. The van der Waals surface area contributed by atoms with E-state index in [9.17, 15) is 15.2 Å². The highest BCUT2D eigenvalue weighted by Gasteiger charge is 2.12. The highest BCUT2D eigenvalue weighted by molar-refractivity contribution is 5.78. The Balaban J connectivity index is 2.34. The van der Waals surface area contributed by atoms with Gasteiger partial charge in [0.25, 0.3) is 0 Å². The summed E-state index contributed by atoms with van der Waals surface area (Å²) >= 11 is 0. The summed E-state index contributed by atoms with van der Waals surface area (Å²) in [4.78, 5) is 12.7. The van der Waals surface area contributed by atoms with Gasteiger partial charge in [-0.25, -0.2) is 0 Å². The van der Waals surface area contributed by atoms with Gasteiger partial charge >= 0.3 is 0 Å². The molecular weight excluding hydrogens is 264 g/mol. The molecule has 0 fully saturated rings. The molecule has 0 aliphatic carbocycles. The van der Waals surface area contributed by atoms with Crippen molar-refractivity contribution in [2.24, 2.45) is 0 Å². The van der Waals surface area contributed by atoms with E-state index in [-0.39, 0.29) is 6.61 Å². The number of nitriles is 1. The lowest BCUT2D eigenvalue weighted by atomic mass is 10.1. The zero-order chi connectivity index (χ0) is 15.1. The predicted molar refractivity (Wildman–Crippen MR) is 81.1 cm³/mol. The van der Waals surface area contributed by atoms with E-state index in [1.807, 2.05) is 35.2 Å². The number of nitrogens with zero attached hydrogens (tertiary/aromatic N) is 2. The number of anilines is 1. The number of benzene rings is 2. The summed E-state index contributed by atoms with van der Waals surface area (Å²) in [5, 5.41) is 18.5. The second-order valence-corrected chi connectivity index (χ2v) is 4.64. The SMILES string of the molecule is N#Cc1cc(C=O)ccc1N(CCO)Cc1ccccc1. The van der Waals surface area contributed by atoms with Crippen molar-refractivity contribution in [2.75, 3.05) is 18.1 Å². The Hall–Kier alpha value is -2.64. The second kappa shape index (κ2) is 7.22. The van der Waals surface area contributed by atoms with Gasteiger partial charge in [-0.1, -0.05) is 30.3 Å². The molecule has 2 rings (SSSR count). The molecule has 21 heavy (non-hydrogen) atoms. The van der Waals surface area contributed by atoms with Gasteiger partial charge < -0.3 is 10.0 Å². The Kier molecular flexibility index (Phi) is 5.08. The molecular formula is C17H16N2O2. The highest BCUT2D eigenvalue weighted by atomic mass is 16.3. The molecule has 0 aliphatic heterocycles. The van der Waals surface area contributed by atoms with Crippen molar-refractivity contribution in [1.82, 2.24) is 0 Å². The number of hydrogen-bond donors (Lipinski definition) is 1. The van der Waals surface area contributed by atoms with Crippen LogP contribution in [0.1, 0.15) is 21.5 Å². The summed E-state index contributed by atoms with van der Waals surface area (Å²) in [6.45, 7) is 1.01. The van der Waals surface area contributed by atoms with Gasteiger partial charge in [-0.2, -0.15) is 5.26 Å². The molecule has 4 heteroatoms. The van der Waals surface area contributed by atoms with Crippen LogP contribution in [0.5, 0.6) is 0 Å². The molecule has 0 aromatic heterocycles. The first-order valence-corrected chi connectivity index (χ1v) is 6.67. The number of aliphatic hydroxyl groups is 1. The average molecular weight is 280 g/mol. The molecule has 0 amide bonds. The highest BCUT2D eigenvalue weighted by Crippen LogP contribution is 2.23. The first-order valence-electron chi connectivity index (χ1n) is 6.67. The van der Waals surface area contributed by atoms with Crippen LogP contribution in [0.4, 0.5) is 5.69 Å². The molecule has 0 unspecified atom stereocenters. The zero-order valence-corrected chi connectivity index (χ0v) is 11.6. The van der Waals surface area contributed by atoms with Crippen LogP contribution in [-0.4, -0.2) is 24.5 Å². The molecule has 1 N–H and O–H groups in total. The Morgan fingerprint density at radius 2 is 1.95 bits per heavy atom. The van der Waals surface area contributed by atoms with Gasteiger partial charge in [0.05, 0.1) is 17.9 Å². The molecule has 0 heterocycles. The van der Waals surface area contributed by atoms with Crippen LogP contribution in [0.25, 0.3) is 0 Å². The summed E-state index contributed by atoms with van der Waals surface area (Å²) in [5.41, 5.74) is 2.72. The Bertz CT molecular complexity index is 648. The molecule has 0 atom stereocenters. The Labute approximate surface area is 123 Å². The number of hydrogen-bond acceptors (Lipinski definition) is 4. The molecule has 2 aromatic carbocycles. The monoisotopic (exact) mass is 280 g/mol. The maximum absolute atomic E-state index is 10.8. The van der Waals surface area contributed by atoms with Gasteiger partial charge in [-0.05, 0) is 23.8 Å². The molecule has 0 saturated carbocycles. The molecule has 4 nitrogen and oxygen atoms in total. The largest absolute Gasteiger partial charge is 0.395 e. The topological polar surface area (TPSA) is 64.3 Å². The van der Waals surface area contributed by atoms with Crippen molar-refractivity contribution >= 4 is 12.0 Å². The van der Waals surface area contributed by atoms with Crippen molar-refractivity contribution in [3.8, 4) is 6.07 Å². The smallest absolute Gasteiger partial charge is 0.150 e. The van der Waals surface area contributed by atoms with E-state index in [0.717, 1.165) is 17.5 Å². The van der Waals surface area contributed by atoms with Gasteiger partial charge in [-0.15, -0.1) is 0 Å². The second-order valence-electron chi connectivity index (χ2n) is 4.64. The zero-order valence-electron chi connectivity index (χ0n) is 11.6. The Morgan fingerprint density at radius 1 is 1.19 bits per heavy atom. The predicted octanol–water partition coefficient (Wildman–Crippen LogP) is 2.37. The number of carbonyl (C=O) groups is 1. The third-order valence-corrected chi connectivity index (χ3v) is 3.20. The van der Waals surface area contributed by atoms with Gasteiger partial charge in [-0.3, -0.25) is 4.79 Å². The first-order chi connectivity index (χ1) is 10.3. The third kappa shape index (κ3) is 3.68. The standard InChI is InChI=1S/C17H16N2O2/c18-11-16-10-15(13-21)6-7-17(16)19(8-9-20)12-14-4-2-1-3-5-14/h1-7,10,13,20H,8-9,12H2. The number of aldehydes is 1. The first kappa shape index (κ1) is 14.8. The summed E-state index contributed by atoms with van der Waals surface area (Å²) < 4.78 is 0. The van der Waals surface area contributed by atoms with Crippen LogP contribution in [0, 0.1) is 11.3 Å². The van der Waals surface area contributed by atoms with Crippen molar-refractivity contribution in [3.63, 3.8) is 0 Å². The van der Waals surface area contributed by atoms with E-state index in [1.54, 1.807) is 18.2 Å². The van der Waals surface area contributed by atoms with Crippen molar-refractivity contribution in [2.45, 2.75) is 6.54 Å². The molecule has 0 radical (unpaired) electrons. The number of aliphatic hydroxyl groups excluding tert-OH is 1. The van der Waals surface area contributed by atoms with Crippen LogP contribution in [-0.2, 0) is 6.54 Å². The van der Waals surface area contributed by atoms with Crippen molar-refractivity contribution < 1.29 is 9.90 Å². The van der Waals surface area contributed by atoms with Crippen LogP contribution in [0.2, 0.25) is 0 Å². The average Bonchev–Trinajstić information content (AvgIpc) is 2.55. The van der Waals surface area contributed by atoms with Gasteiger partial charge in [0.15, 0.2) is 0 Å². The van der Waals surface area contributed by atoms with Gasteiger partial charge in [0.2, 0.25) is 0 Å². The van der Waals surface area contributed by atoms with E-state index < -0.39 is 0 Å². The molecule has 0 bridgehead atoms. The fourth-order valence-corrected chi connectivity index (χ4v) is 2.20. The van der Waals surface area contributed by atoms with E-state index in [2.05, 4.69) is 6.07 Å². The lowest BCUT2D eigenvalue weighted by Crippen LogP contribution is -2.26. The van der Waals surface area contributed by atoms with E-state index in [0.29, 0.717) is 24.2 Å². The number of carbonyl (C=O) groups excluding carboxylic acids is 1. The summed E-state index contributed by atoms with van der Waals surface area (Å²) in [7, 11) is 0. The lowest BCUT2D eigenvalue weighted by Gasteiger charge is -2.25. The van der Waals surface area contributed by atoms with E-state index in [1.165, 1.54) is 0 Å². The van der Waals surface area contributed by atoms with Crippen LogP contribution >= 0.6 is 0 Å². The van der Waals surface area contributed by atoms with E-state index in [4.69, 9.17) is 0 Å². The van der Waals surface area contributed by atoms with Crippen molar-refractivity contribution in [3.05, 3.63) is 65.2 Å². The normalized spacial score (nSPS) is 9.90. The fraction of sp³-hybridized carbons (Fsp3) is 0.176. The quantitative estimate of drug-likeness (QED) is 0.825. The minimum atomic E-state index is -0.00681. The van der Waals surface area contributed by atoms with Gasteiger partial charge in [0.1, 0.15) is 12.4 Å². The summed E-state index contributed by atoms with van der Waals surface area (Å²) in [6.07, 6.45) is 0.720. The lowest BCUT2D eigenvalue weighted by molar-refractivity contribution is 0.112. The maximum Gasteiger partial charge on any atom is 0.150 e. The molecule has 0 spiro atoms. The van der Waals surface area contributed by atoms with Gasteiger partial charge in [0, 0.05) is 18.7 Å². The number of rotatable bonds is 6. The van der Waals surface area contributed by atoms with Crippen LogP contribution in [0.3, 0.4) is 0 Å². The van der Waals surface area contributed by atoms with E-state index >= 15 is 0 Å². The maximum atomic E-state index is 10.8. The van der Waals surface area contributed by atoms with Crippen LogP contribution < -0.4 is 4.90 Å². The fourth-order valence-electron chi connectivity index (χ4n) is 2.20. The van der Waals surface area contributed by atoms with Crippen LogP contribution in [0.15, 0.2) is 48.5 Å². The molecule has 0 saturated heterocycles. The molecule has 2 aromatic rings. The molecule has 0 aliphatic rings. The Morgan fingerprint density at radius 3 is 2.57 bits per heavy atom. The minimum Gasteiger partial charge on any atom is -0.395 e. The summed E-state index contributed by atoms with van der Waals surface area (Å²) in [6, 6.07) is 16.9. The van der Waals surface area contributed by atoms with Crippen molar-refractivity contribution in [1.29, 1.82) is 5.26 Å². The third-order valence-electron chi connectivity index (χ3n) is 3.20. The molecule has 106 valence electrons.